The van der Waals surface area contributed by atoms with Crippen molar-refractivity contribution >= 4 is 17.3 Å². The third kappa shape index (κ3) is 4.78. The Hall–Kier alpha value is -3.32. The minimum atomic E-state index is -1.09. The summed E-state index contributed by atoms with van der Waals surface area (Å²) in [6.07, 6.45) is 6.76. The molecule has 0 N–H and O–H groups in total. The highest BCUT2D eigenvalue weighted by molar-refractivity contribution is 7.15. The molecular weight excluding hydrogens is 460 g/mol. The number of nitrogens with zero attached hydrogens (tertiary/aromatic N) is 2. The molecule has 0 bridgehead atoms. The Labute approximate surface area is 210 Å². The van der Waals surface area contributed by atoms with Gasteiger partial charge in [-0.2, -0.15) is 0 Å². The molecule has 0 aliphatic carbocycles. The van der Waals surface area contributed by atoms with Crippen LogP contribution in [0.2, 0.25) is 0 Å². The van der Waals surface area contributed by atoms with Crippen molar-refractivity contribution in [2.24, 2.45) is 5.92 Å². The largest absolute Gasteiger partial charge is 0.548 e. The third-order valence-electron chi connectivity index (χ3n) is 6.74. The molecule has 7 heteroatoms. The van der Waals surface area contributed by atoms with E-state index in [9.17, 15) is 9.90 Å². The number of carbonyl (C=O) groups excluding carboxylic acids is 1. The average molecular weight is 492 g/mol. The Morgan fingerprint density at radius 1 is 1.06 bits per heavy atom. The van der Waals surface area contributed by atoms with Crippen LogP contribution in [0.25, 0.3) is 21.7 Å². The first-order valence-corrected chi connectivity index (χ1v) is 12.7. The first kappa shape index (κ1) is 24.8. The molecule has 35 heavy (non-hydrogen) atoms. The minimum absolute atomic E-state index is 0.104. The minimum Gasteiger partial charge on any atom is -0.548 e. The monoisotopic (exact) mass is 491 g/mol. The number of unbranched alkanes of at least 4 members (excludes halogenated alkanes) is 1. The molecule has 2 heterocycles. The fraction of sp³-hybridized carbons (Fsp3) is 0.357. The van der Waals surface area contributed by atoms with Gasteiger partial charge in [-0.25, -0.2) is 4.98 Å². The summed E-state index contributed by atoms with van der Waals surface area (Å²) in [6.45, 7) is 4.13. The van der Waals surface area contributed by atoms with E-state index in [0.717, 1.165) is 57.5 Å². The summed E-state index contributed by atoms with van der Waals surface area (Å²) in [7, 11) is 3.30. The van der Waals surface area contributed by atoms with Crippen molar-refractivity contribution in [1.29, 1.82) is 0 Å². The van der Waals surface area contributed by atoms with Gasteiger partial charge in [0.15, 0.2) is 0 Å². The fourth-order valence-electron chi connectivity index (χ4n) is 4.75. The normalized spacial score (nSPS) is 19.2. The maximum absolute atomic E-state index is 11.7. The lowest BCUT2D eigenvalue weighted by atomic mass is 9.82. The van der Waals surface area contributed by atoms with Gasteiger partial charge < -0.3 is 24.3 Å². The molecule has 3 aromatic rings. The van der Waals surface area contributed by atoms with Crippen LogP contribution in [0.15, 0.2) is 60.8 Å². The van der Waals surface area contributed by atoms with Crippen molar-refractivity contribution in [3.8, 4) is 33.2 Å². The van der Waals surface area contributed by atoms with Gasteiger partial charge >= 0.3 is 0 Å². The lowest BCUT2D eigenvalue weighted by Gasteiger charge is -2.41. The molecule has 2 unspecified atom stereocenters. The van der Waals surface area contributed by atoms with Crippen LogP contribution in [0.4, 0.5) is 0 Å². The third-order valence-corrected chi connectivity index (χ3v) is 8.02. The second-order valence-electron chi connectivity index (χ2n) is 8.81. The molecule has 0 saturated heterocycles. The van der Waals surface area contributed by atoms with Crippen LogP contribution in [0.1, 0.15) is 38.1 Å². The Bertz CT molecular complexity index is 1120. The number of benzene rings is 2. The second kappa shape index (κ2) is 10.5. The van der Waals surface area contributed by atoms with E-state index in [-0.39, 0.29) is 12.5 Å². The van der Waals surface area contributed by atoms with Gasteiger partial charge in [0.05, 0.1) is 42.8 Å². The Balaban J connectivity index is 1.89. The fourth-order valence-corrected chi connectivity index (χ4v) is 6.18. The molecule has 1 aliphatic heterocycles. The van der Waals surface area contributed by atoms with E-state index in [4.69, 9.17) is 14.5 Å². The number of hydrogen-bond acceptors (Lipinski definition) is 7. The number of methoxy groups -OCH3 is 2. The van der Waals surface area contributed by atoms with Crippen LogP contribution in [-0.2, 0) is 10.3 Å². The van der Waals surface area contributed by atoms with Crippen LogP contribution in [0.5, 0.6) is 11.5 Å². The topological polar surface area (TPSA) is 74.7 Å². The zero-order valence-electron chi connectivity index (χ0n) is 20.6. The van der Waals surface area contributed by atoms with Crippen molar-refractivity contribution in [1.82, 2.24) is 9.88 Å². The molecule has 2 atom stereocenters. The van der Waals surface area contributed by atoms with Crippen LogP contribution >= 0.6 is 11.3 Å². The van der Waals surface area contributed by atoms with E-state index in [0.29, 0.717) is 0 Å². The predicted molar refractivity (Wildman–Crippen MR) is 137 cm³/mol. The molecule has 0 spiro atoms. The van der Waals surface area contributed by atoms with E-state index >= 15 is 0 Å². The molecular formula is C28H31N2O4S-. The first-order chi connectivity index (χ1) is 16.9. The van der Waals surface area contributed by atoms with Gasteiger partial charge in [0.25, 0.3) is 0 Å². The summed E-state index contributed by atoms with van der Waals surface area (Å²) in [6, 6.07) is 15.9. The Morgan fingerprint density at radius 2 is 1.66 bits per heavy atom. The second-order valence-corrected chi connectivity index (χ2v) is 9.81. The highest BCUT2D eigenvalue weighted by Gasteiger charge is 2.47. The van der Waals surface area contributed by atoms with E-state index in [2.05, 4.69) is 19.9 Å². The summed E-state index contributed by atoms with van der Waals surface area (Å²) in [4.78, 5) is 19.8. The van der Waals surface area contributed by atoms with E-state index in [1.165, 1.54) is 0 Å². The van der Waals surface area contributed by atoms with Gasteiger partial charge in [0.2, 0.25) is 0 Å². The van der Waals surface area contributed by atoms with E-state index in [1.54, 1.807) is 25.6 Å². The number of aromatic nitrogens is 1. The molecule has 6 nitrogen and oxygen atoms in total. The number of carboxylic acids is 1. The summed E-state index contributed by atoms with van der Waals surface area (Å²) in [5.74, 6) is 0.583. The number of ether oxygens (including phenoxy) is 2. The molecule has 184 valence electrons. The standard InChI is InChI=1S/C28H32N2O4S/c1-5-6-16-28(19(2)15-17-30(28)18-24(31)32)27-29-25(20-7-11-22(33-3)12-8-20)26(35-27)21-9-13-23(34-4)14-10-21/h7-15,17,19H,5-6,16,18H2,1-4H3,(H,31,32)/p-1. The summed E-state index contributed by atoms with van der Waals surface area (Å²) >= 11 is 1.63. The zero-order chi connectivity index (χ0) is 25.0. The van der Waals surface area contributed by atoms with Crippen LogP contribution in [-0.4, -0.2) is 36.6 Å². The summed E-state index contributed by atoms with van der Waals surface area (Å²) in [5, 5.41) is 12.6. The smallest absolute Gasteiger partial charge is 0.120 e. The average Bonchev–Trinajstić information content (AvgIpc) is 3.45. The van der Waals surface area contributed by atoms with Crippen LogP contribution in [0.3, 0.4) is 0 Å². The Kier molecular flexibility index (Phi) is 7.45. The van der Waals surface area contributed by atoms with Gasteiger partial charge in [-0.3, -0.25) is 0 Å². The zero-order valence-corrected chi connectivity index (χ0v) is 21.4. The van der Waals surface area contributed by atoms with Gasteiger partial charge in [-0.05, 0) is 66.7 Å². The van der Waals surface area contributed by atoms with Crippen molar-refractivity contribution < 1.29 is 19.4 Å². The SMILES string of the molecule is CCCCC1(c2nc(-c3ccc(OC)cc3)c(-c3ccc(OC)cc3)s2)C(C)C=CN1CC(=O)[O-]. The maximum Gasteiger partial charge on any atom is 0.120 e. The number of hydrogen-bond donors (Lipinski definition) is 0. The molecule has 0 saturated carbocycles. The lowest BCUT2D eigenvalue weighted by molar-refractivity contribution is -0.306. The lowest BCUT2D eigenvalue weighted by Crippen LogP contribution is -2.48. The van der Waals surface area contributed by atoms with Crippen molar-refractivity contribution in [3.63, 3.8) is 0 Å². The van der Waals surface area contributed by atoms with Crippen LogP contribution < -0.4 is 14.6 Å². The number of carboxylic acid groups (broad SMARTS) is 1. The van der Waals surface area contributed by atoms with Gasteiger partial charge in [-0.15, -0.1) is 11.3 Å². The van der Waals surface area contributed by atoms with Crippen molar-refractivity contribution in [3.05, 3.63) is 65.8 Å². The van der Waals surface area contributed by atoms with Gasteiger partial charge in [0.1, 0.15) is 16.5 Å². The molecule has 0 amide bonds. The highest BCUT2D eigenvalue weighted by atomic mass is 32.1. The molecule has 4 rings (SSSR count). The molecule has 0 fully saturated rings. The van der Waals surface area contributed by atoms with Gasteiger partial charge in [-0.1, -0.05) is 32.8 Å². The number of thiazole rings is 1. The van der Waals surface area contributed by atoms with Crippen molar-refractivity contribution in [2.45, 2.75) is 38.6 Å². The van der Waals surface area contributed by atoms with Crippen molar-refractivity contribution in [2.75, 3.05) is 20.8 Å². The summed E-state index contributed by atoms with van der Waals surface area (Å²) < 4.78 is 10.7. The van der Waals surface area contributed by atoms with E-state index < -0.39 is 11.5 Å². The molecule has 1 aliphatic rings. The summed E-state index contributed by atoms with van der Waals surface area (Å²) in [5.41, 5.74) is 2.36. The highest BCUT2D eigenvalue weighted by Crippen LogP contribution is 2.50. The molecule has 1 aromatic heterocycles. The van der Waals surface area contributed by atoms with Crippen LogP contribution in [0, 0.1) is 5.92 Å². The first-order valence-electron chi connectivity index (χ1n) is 11.9. The quantitative estimate of drug-likeness (QED) is 0.393. The number of rotatable bonds is 10. The maximum atomic E-state index is 11.7. The molecule has 0 radical (unpaired) electrons. The number of carbonyl (C=O) groups is 1. The van der Waals surface area contributed by atoms with E-state index in [1.807, 2.05) is 59.6 Å². The predicted octanol–water partition coefficient (Wildman–Crippen LogP) is 5.10. The number of aliphatic carboxylic acids is 1. The van der Waals surface area contributed by atoms with Gasteiger partial charge in [0, 0.05) is 11.5 Å². The molecule has 2 aromatic carbocycles. The Morgan fingerprint density at radius 3 is 2.20 bits per heavy atom.